The van der Waals surface area contributed by atoms with Crippen LogP contribution in [-0.2, 0) is 4.79 Å². The third kappa shape index (κ3) is 6.84. The minimum absolute atomic E-state index is 0.0603. The van der Waals surface area contributed by atoms with E-state index in [0.717, 1.165) is 0 Å². The fraction of sp³-hybridized carbons (Fsp3) is 0.444. The maximum absolute atomic E-state index is 10.7. The second-order valence-corrected chi connectivity index (χ2v) is 1.66. The smallest absolute Gasteiger partial charge is 0.246 e. The molecule has 0 fully saturated rings. The first kappa shape index (κ1) is 12.6. The van der Waals surface area contributed by atoms with E-state index in [-0.39, 0.29) is 5.91 Å². The topological polar surface area (TPSA) is 29.1 Å². The molecule has 2 nitrogen and oxygen atoms in total. The van der Waals surface area contributed by atoms with Crippen LogP contribution in [0.15, 0.2) is 24.3 Å². The molecule has 0 aromatic heterocycles. The number of hydrogen-bond donors (Lipinski definition) is 1. The molecule has 1 N–H and O–H groups in total. The highest BCUT2D eigenvalue weighted by atomic mass is 16.1. The van der Waals surface area contributed by atoms with Gasteiger partial charge in [0.05, 0.1) is 0 Å². The third-order valence-corrected chi connectivity index (χ3v) is 0.953. The van der Waals surface area contributed by atoms with Gasteiger partial charge in [-0.25, -0.2) is 0 Å². The largest absolute Gasteiger partial charge is 0.355 e. The van der Waals surface area contributed by atoms with Gasteiger partial charge in [-0.15, -0.1) is 0 Å². The molecule has 0 spiro atoms. The van der Waals surface area contributed by atoms with Crippen molar-refractivity contribution in [1.29, 1.82) is 0 Å². The molecule has 0 aliphatic rings. The van der Waals surface area contributed by atoms with Crippen LogP contribution in [0.2, 0.25) is 0 Å². The standard InChI is InChI=1S/C7H11NO.C2H6/c1-4-5-6(2)7(9)8-3;1-2/h4-5H,1H2,2-3H3,(H,8,9);1-2H3/b6-5+;. The monoisotopic (exact) mass is 155 g/mol. The predicted molar refractivity (Wildman–Crippen MR) is 49.4 cm³/mol. The number of carbonyl (C=O) groups is 1. The van der Waals surface area contributed by atoms with Crippen LogP contribution in [0.5, 0.6) is 0 Å². The van der Waals surface area contributed by atoms with Crippen molar-refractivity contribution in [3.05, 3.63) is 24.3 Å². The molecule has 0 aliphatic carbocycles. The van der Waals surface area contributed by atoms with Gasteiger partial charge in [-0.3, -0.25) is 4.79 Å². The van der Waals surface area contributed by atoms with E-state index in [9.17, 15) is 4.79 Å². The van der Waals surface area contributed by atoms with Crippen molar-refractivity contribution in [2.45, 2.75) is 20.8 Å². The van der Waals surface area contributed by atoms with Crippen molar-refractivity contribution in [3.63, 3.8) is 0 Å². The Balaban J connectivity index is 0. The van der Waals surface area contributed by atoms with Crippen LogP contribution >= 0.6 is 0 Å². The highest BCUT2D eigenvalue weighted by Crippen LogP contribution is 1.90. The Kier molecular flexibility index (Phi) is 10.3. The molecular formula is C9H17NO. The van der Waals surface area contributed by atoms with E-state index in [1.54, 1.807) is 26.1 Å². The van der Waals surface area contributed by atoms with Crippen LogP contribution in [0, 0.1) is 0 Å². The molecule has 0 atom stereocenters. The number of allylic oxidation sites excluding steroid dienone is 2. The first-order chi connectivity index (χ1) is 5.22. The Bertz CT molecular complexity index is 148. The van der Waals surface area contributed by atoms with Crippen molar-refractivity contribution in [2.75, 3.05) is 7.05 Å². The summed E-state index contributed by atoms with van der Waals surface area (Å²) in [6.07, 6.45) is 3.25. The van der Waals surface area contributed by atoms with E-state index in [1.807, 2.05) is 13.8 Å². The van der Waals surface area contributed by atoms with Gasteiger partial charge in [-0.2, -0.15) is 0 Å². The summed E-state index contributed by atoms with van der Waals surface area (Å²) in [6, 6.07) is 0. The number of hydrogen-bond acceptors (Lipinski definition) is 1. The Hall–Kier alpha value is -1.05. The van der Waals surface area contributed by atoms with E-state index in [0.29, 0.717) is 5.57 Å². The van der Waals surface area contributed by atoms with Gasteiger partial charge in [-0.1, -0.05) is 32.6 Å². The second-order valence-electron chi connectivity index (χ2n) is 1.66. The predicted octanol–water partition coefficient (Wildman–Crippen LogP) is 1.89. The maximum Gasteiger partial charge on any atom is 0.246 e. The van der Waals surface area contributed by atoms with Gasteiger partial charge >= 0.3 is 0 Å². The molecule has 0 bridgehead atoms. The molecule has 0 heterocycles. The normalized spacial score (nSPS) is 9.27. The van der Waals surface area contributed by atoms with E-state index < -0.39 is 0 Å². The Labute approximate surface area is 69.0 Å². The van der Waals surface area contributed by atoms with Gasteiger partial charge < -0.3 is 5.32 Å². The van der Waals surface area contributed by atoms with Crippen LogP contribution in [0.4, 0.5) is 0 Å². The summed E-state index contributed by atoms with van der Waals surface area (Å²) in [5, 5.41) is 2.49. The summed E-state index contributed by atoms with van der Waals surface area (Å²) in [6.45, 7) is 9.20. The minimum atomic E-state index is -0.0603. The fourth-order valence-corrected chi connectivity index (χ4v) is 0.450. The summed E-state index contributed by atoms with van der Waals surface area (Å²) in [5.74, 6) is -0.0603. The number of rotatable bonds is 2. The minimum Gasteiger partial charge on any atom is -0.355 e. The molecule has 0 saturated carbocycles. The summed E-state index contributed by atoms with van der Waals surface area (Å²) in [4.78, 5) is 10.7. The van der Waals surface area contributed by atoms with Crippen molar-refractivity contribution < 1.29 is 4.79 Å². The third-order valence-electron chi connectivity index (χ3n) is 0.953. The lowest BCUT2D eigenvalue weighted by molar-refractivity contribution is -0.116. The molecule has 64 valence electrons. The first-order valence-corrected chi connectivity index (χ1v) is 3.73. The average molecular weight is 155 g/mol. The SMILES string of the molecule is C=C/C=C(\C)C(=O)NC.CC. The molecule has 11 heavy (non-hydrogen) atoms. The summed E-state index contributed by atoms with van der Waals surface area (Å²) < 4.78 is 0. The van der Waals surface area contributed by atoms with Gasteiger partial charge in [-0.05, 0) is 6.92 Å². The molecule has 0 aromatic rings. The molecule has 0 aromatic carbocycles. The van der Waals surface area contributed by atoms with Crippen molar-refractivity contribution in [1.82, 2.24) is 5.32 Å². The molecular weight excluding hydrogens is 138 g/mol. The zero-order valence-corrected chi connectivity index (χ0v) is 7.77. The van der Waals surface area contributed by atoms with Gasteiger partial charge in [0.2, 0.25) is 5.91 Å². The second kappa shape index (κ2) is 8.95. The van der Waals surface area contributed by atoms with Crippen LogP contribution in [0.25, 0.3) is 0 Å². The molecule has 0 rings (SSSR count). The van der Waals surface area contributed by atoms with E-state index in [1.165, 1.54) is 0 Å². The molecule has 0 unspecified atom stereocenters. The van der Waals surface area contributed by atoms with Gasteiger partial charge in [0, 0.05) is 12.6 Å². The molecule has 1 amide bonds. The number of amides is 1. The lowest BCUT2D eigenvalue weighted by Crippen LogP contribution is -2.18. The summed E-state index contributed by atoms with van der Waals surface area (Å²) in [7, 11) is 1.60. The molecule has 0 radical (unpaired) electrons. The van der Waals surface area contributed by atoms with E-state index in [2.05, 4.69) is 11.9 Å². The zero-order valence-electron chi connectivity index (χ0n) is 7.77. The number of carbonyl (C=O) groups excluding carboxylic acids is 1. The maximum atomic E-state index is 10.7. The number of likely N-dealkylation sites (N-methyl/N-ethyl adjacent to an activating group) is 1. The molecule has 0 aliphatic heterocycles. The van der Waals surface area contributed by atoms with Crippen molar-refractivity contribution >= 4 is 5.91 Å². The lowest BCUT2D eigenvalue weighted by Gasteiger charge is -1.94. The highest BCUT2D eigenvalue weighted by molar-refractivity contribution is 5.92. The fourth-order valence-electron chi connectivity index (χ4n) is 0.450. The Morgan fingerprint density at radius 3 is 2.18 bits per heavy atom. The van der Waals surface area contributed by atoms with E-state index in [4.69, 9.17) is 0 Å². The van der Waals surface area contributed by atoms with Crippen LogP contribution < -0.4 is 5.32 Å². The number of nitrogens with one attached hydrogen (secondary N) is 1. The average Bonchev–Trinajstić information content (AvgIpc) is 2.07. The Morgan fingerprint density at radius 1 is 1.45 bits per heavy atom. The Morgan fingerprint density at radius 2 is 1.91 bits per heavy atom. The van der Waals surface area contributed by atoms with Crippen LogP contribution in [-0.4, -0.2) is 13.0 Å². The summed E-state index contributed by atoms with van der Waals surface area (Å²) in [5.41, 5.74) is 0.674. The van der Waals surface area contributed by atoms with Gasteiger partial charge in [0.1, 0.15) is 0 Å². The van der Waals surface area contributed by atoms with Crippen molar-refractivity contribution in [3.8, 4) is 0 Å². The highest BCUT2D eigenvalue weighted by Gasteiger charge is 1.95. The van der Waals surface area contributed by atoms with Gasteiger partial charge in [0.15, 0.2) is 0 Å². The van der Waals surface area contributed by atoms with Gasteiger partial charge in [0.25, 0.3) is 0 Å². The first-order valence-electron chi connectivity index (χ1n) is 3.73. The summed E-state index contributed by atoms with van der Waals surface area (Å²) >= 11 is 0. The lowest BCUT2D eigenvalue weighted by atomic mass is 10.2. The zero-order chi connectivity index (χ0) is 9.28. The van der Waals surface area contributed by atoms with Crippen LogP contribution in [0.3, 0.4) is 0 Å². The molecule has 0 saturated heterocycles. The van der Waals surface area contributed by atoms with Crippen molar-refractivity contribution in [2.24, 2.45) is 0 Å². The quantitative estimate of drug-likeness (QED) is 0.479. The van der Waals surface area contributed by atoms with Crippen LogP contribution in [0.1, 0.15) is 20.8 Å². The molecule has 2 heteroatoms. The van der Waals surface area contributed by atoms with E-state index >= 15 is 0 Å².